The van der Waals surface area contributed by atoms with Crippen molar-refractivity contribution in [3.63, 3.8) is 0 Å². The van der Waals surface area contributed by atoms with Crippen molar-refractivity contribution in [3.05, 3.63) is 47.1 Å². The predicted molar refractivity (Wildman–Crippen MR) is 66.2 cm³/mol. The van der Waals surface area contributed by atoms with Crippen molar-refractivity contribution < 1.29 is 17.6 Å². The highest BCUT2D eigenvalue weighted by atomic mass is 35.5. The molecule has 0 aliphatic rings. The third-order valence-corrected chi connectivity index (χ3v) is 3.08. The summed E-state index contributed by atoms with van der Waals surface area (Å²) in [5.41, 5.74) is -1.51. The fourth-order valence-corrected chi connectivity index (χ4v) is 2.13. The molecule has 0 aliphatic carbocycles. The van der Waals surface area contributed by atoms with Crippen LogP contribution in [-0.2, 0) is 6.18 Å². The van der Waals surface area contributed by atoms with E-state index < -0.39 is 17.6 Å². The van der Waals surface area contributed by atoms with E-state index in [9.17, 15) is 17.6 Å². The lowest BCUT2D eigenvalue weighted by Crippen LogP contribution is -2.09. The van der Waals surface area contributed by atoms with Crippen molar-refractivity contribution >= 4 is 17.2 Å². The summed E-state index contributed by atoms with van der Waals surface area (Å²) in [6.07, 6.45) is -2.23. The van der Waals surface area contributed by atoms with Gasteiger partial charge < -0.3 is 0 Å². The van der Waals surface area contributed by atoms with Crippen LogP contribution >= 0.6 is 11.6 Å². The van der Waals surface area contributed by atoms with Gasteiger partial charge in [-0.25, -0.2) is 4.39 Å². The molecule has 1 aromatic carbocycles. The van der Waals surface area contributed by atoms with Gasteiger partial charge in [0.2, 0.25) is 0 Å². The van der Waals surface area contributed by atoms with Crippen LogP contribution in [0.4, 0.5) is 17.6 Å². The second kappa shape index (κ2) is 4.66. The molecule has 0 saturated carbocycles. The molecule has 0 aliphatic heterocycles. The van der Waals surface area contributed by atoms with Crippen molar-refractivity contribution in [1.82, 2.24) is 19.6 Å². The lowest BCUT2D eigenvalue weighted by molar-refractivity contribution is -0.139. The second-order valence-electron chi connectivity index (χ2n) is 4.11. The Morgan fingerprint density at radius 2 is 1.86 bits per heavy atom. The molecular formula is C12H5ClF4N4. The van der Waals surface area contributed by atoms with Crippen molar-refractivity contribution in [2.45, 2.75) is 6.18 Å². The molecule has 9 heteroatoms. The van der Waals surface area contributed by atoms with Gasteiger partial charge in [0, 0.05) is 0 Å². The van der Waals surface area contributed by atoms with Crippen LogP contribution in [-0.4, -0.2) is 19.6 Å². The molecule has 0 amide bonds. The Balaban J connectivity index is 2.30. The number of nitrogens with zero attached hydrogens (tertiary/aromatic N) is 4. The predicted octanol–water partition coefficient (Wildman–Crippen LogP) is 3.60. The average Bonchev–Trinajstić information content (AvgIpc) is 2.83. The molecule has 0 bridgehead atoms. The molecule has 0 atom stereocenters. The highest BCUT2D eigenvalue weighted by Gasteiger charge is 2.35. The van der Waals surface area contributed by atoms with Crippen LogP contribution in [0.5, 0.6) is 0 Å². The number of hydrogen-bond acceptors (Lipinski definition) is 3. The largest absolute Gasteiger partial charge is 0.419 e. The zero-order valence-electron chi connectivity index (χ0n) is 10.1. The molecule has 3 rings (SSSR count). The van der Waals surface area contributed by atoms with Crippen LogP contribution in [0.15, 0.2) is 30.6 Å². The van der Waals surface area contributed by atoms with Gasteiger partial charge in [0.25, 0.3) is 0 Å². The summed E-state index contributed by atoms with van der Waals surface area (Å²) in [4.78, 5) is 3.77. The van der Waals surface area contributed by atoms with E-state index in [1.54, 1.807) is 0 Å². The maximum atomic E-state index is 14.1. The first-order chi connectivity index (χ1) is 9.89. The van der Waals surface area contributed by atoms with Crippen LogP contribution in [0, 0.1) is 5.82 Å². The standard InChI is InChI=1S/C12H5ClF4N4/c13-8-4-18-5-9-19-20-11(21(8)9)6-2-1-3-7(10(6)14)12(15,16)17/h1-5H. The lowest BCUT2D eigenvalue weighted by atomic mass is 10.1. The Kier molecular flexibility index (Phi) is 3.05. The number of rotatable bonds is 1. The van der Waals surface area contributed by atoms with Gasteiger partial charge in [-0.15, -0.1) is 10.2 Å². The summed E-state index contributed by atoms with van der Waals surface area (Å²) in [5.74, 6) is -1.55. The number of alkyl halides is 3. The molecule has 0 N–H and O–H groups in total. The summed E-state index contributed by atoms with van der Waals surface area (Å²) in [5, 5.41) is 7.46. The number of halogens is 5. The highest BCUT2D eigenvalue weighted by molar-refractivity contribution is 6.29. The first kappa shape index (κ1) is 13.7. The summed E-state index contributed by atoms with van der Waals surface area (Å²) < 4.78 is 53.6. The van der Waals surface area contributed by atoms with E-state index in [-0.39, 0.29) is 22.2 Å². The Labute approximate surface area is 120 Å². The molecule has 0 fully saturated rings. The van der Waals surface area contributed by atoms with Crippen LogP contribution in [0.2, 0.25) is 5.15 Å². The molecule has 0 radical (unpaired) electrons. The average molecular weight is 317 g/mol. The third-order valence-electron chi connectivity index (χ3n) is 2.82. The van der Waals surface area contributed by atoms with Gasteiger partial charge in [-0.05, 0) is 12.1 Å². The second-order valence-corrected chi connectivity index (χ2v) is 4.50. The van der Waals surface area contributed by atoms with Gasteiger partial charge in [-0.1, -0.05) is 17.7 Å². The molecule has 4 nitrogen and oxygen atoms in total. The lowest BCUT2D eigenvalue weighted by Gasteiger charge is -2.10. The van der Waals surface area contributed by atoms with E-state index in [0.717, 1.165) is 6.07 Å². The van der Waals surface area contributed by atoms with Gasteiger partial charge in [-0.3, -0.25) is 9.38 Å². The van der Waals surface area contributed by atoms with E-state index in [1.807, 2.05) is 0 Å². The quantitative estimate of drug-likeness (QED) is 0.644. The third kappa shape index (κ3) is 2.21. The molecule has 0 spiro atoms. The highest BCUT2D eigenvalue weighted by Crippen LogP contribution is 2.35. The van der Waals surface area contributed by atoms with E-state index in [1.165, 1.54) is 22.9 Å². The topological polar surface area (TPSA) is 43.1 Å². The van der Waals surface area contributed by atoms with E-state index in [4.69, 9.17) is 11.6 Å². The van der Waals surface area contributed by atoms with Crippen LogP contribution in [0.25, 0.3) is 17.0 Å². The fourth-order valence-electron chi connectivity index (χ4n) is 1.91. The maximum Gasteiger partial charge on any atom is 0.419 e. The summed E-state index contributed by atoms with van der Waals surface area (Å²) >= 11 is 5.91. The minimum atomic E-state index is -4.80. The van der Waals surface area contributed by atoms with Gasteiger partial charge in [0.1, 0.15) is 11.0 Å². The Morgan fingerprint density at radius 1 is 1.10 bits per heavy atom. The van der Waals surface area contributed by atoms with Gasteiger partial charge in [0.15, 0.2) is 11.5 Å². The number of benzene rings is 1. The van der Waals surface area contributed by atoms with Crippen molar-refractivity contribution in [3.8, 4) is 11.4 Å². The number of aromatic nitrogens is 4. The van der Waals surface area contributed by atoms with Gasteiger partial charge in [-0.2, -0.15) is 13.2 Å². The Morgan fingerprint density at radius 3 is 2.57 bits per heavy atom. The Bertz CT molecular complexity index is 828. The van der Waals surface area contributed by atoms with Crippen molar-refractivity contribution in [1.29, 1.82) is 0 Å². The number of fused-ring (bicyclic) bond motifs is 1. The van der Waals surface area contributed by atoms with Gasteiger partial charge in [0.05, 0.1) is 23.5 Å². The monoisotopic (exact) mass is 316 g/mol. The summed E-state index contributed by atoms with van der Waals surface area (Å²) in [6.45, 7) is 0. The molecule has 2 heterocycles. The molecule has 0 saturated heterocycles. The zero-order valence-corrected chi connectivity index (χ0v) is 10.8. The first-order valence-corrected chi connectivity index (χ1v) is 5.98. The minimum absolute atomic E-state index is 0.0595. The van der Waals surface area contributed by atoms with Crippen LogP contribution < -0.4 is 0 Å². The zero-order chi connectivity index (χ0) is 15.2. The van der Waals surface area contributed by atoms with Gasteiger partial charge >= 0.3 is 6.18 Å². The molecule has 108 valence electrons. The fraction of sp³-hybridized carbons (Fsp3) is 0.0833. The van der Waals surface area contributed by atoms with E-state index in [2.05, 4.69) is 15.2 Å². The van der Waals surface area contributed by atoms with E-state index in [0.29, 0.717) is 6.07 Å². The minimum Gasteiger partial charge on any atom is -0.262 e. The molecule has 0 unspecified atom stereocenters. The summed E-state index contributed by atoms with van der Waals surface area (Å²) in [7, 11) is 0. The molecule has 2 aromatic heterocycles. The van der Waals surface area contributed by atoms with Crippen LogP contribution in [0.1, 0.15) is 5.56 Å². The molecular weight excluding hydrogens is 312 g/mol. The molecule has 3 aromatic rings. The Hall–Kier alpha value is -2.22. The normalized spacial score (nSPS) is 12.0. The van der Waals surface area contributed by atoms with Crippen molar-refractivity contribution in [2.24, 2.45) is 0 Å². The first-order valence-electron chi connectivity index (χ1n) is 5.60. The van der Waals surface area contributed by atoms with Crippen LogP contribution in [0.3, 0.4) is 0 Å². The van der Waals surface area contributed by atoms with Crippen molar-refractivity contribution in [2.75, 3.05) is 0 Å². The SMILES string of the molecule is Fc1c(-c2nnc3cncc(Cl)n23)cccc1C(F)(F)F. The smallest absolute Gasteiger partial charge is 0.262 e. The molecule has 21 heavy (non-hydrogen) atoms. The maximum absolute atomic E-state index is 14.1. The van der Waals surface area contributed by atoms with E-state index >= 15 is 0 Å². The summed E-state index contributed by atoms with van der Waals surface area (Å²) in [6, 6.07) is 2.93. The number of hydrogen-bond donors (Lipinski definition) is 0.